The molecule has 3 nitrogen and oxygen atoms in total. The van der Waals surface area contributed by atoms with E-state index in [0.29, 0.717) is 5.56 Å². The molecular weight excluding hydrogens is 294 g/mol. The normalized spacial score (nSPS) is 22.9. The summed E-state index contributed by atoms with van der Waals surface area (Å²) in [5, 5.41) is 0. The van der Waals surface area contributed by atoms with Gasteiger partial charge < -0.3 is 9.64 Å². The number of rotatable bonds is 2. The fourth-order valence-corrected chi connectivity index (χ4v) is 3.14. The molecule has 0 aliphatic carbocycles. The van der Waals surface area contributed by atoms with Crippen molar-refractivity contribution in [1.82, 2.24) is 0 Å². The van der Waals surface area contributed by atoms with Crippen molar-refractivity contribution < 1.29 is 9.53 Å². The summed E-state index contributed by atoms with van der Waals surface area (Å²) < 4.78 is 6.85. The SMILES string of the molecule is CC1CN(c2ccc(C=O)cc2Br)CC(C)(C)O1. The van der Waals surface area contributed by atoms with E-state index in [1.165, 1.54) is 0 Å². The molecule has 1 aliphatic rings. The maximum atomic E-state index is 10.7. The Morgan fingerprint density at radius 1 is 1.50 bits per heavy atom. The summed E-state index contributed by atoms with van der Waals surface area (Å²) >= 11 is 3.54. The van der Waals surface area contributed by atoms with E-state index in [9.17, 15) is 4.79 Å². The maximum Gasteiger partial charge on any atom is 0.150 e. The third-order valence-corrected chi connectivity index (χ3v) is 3.65. The number of hydrogen-bond acceptors (Lipinski definition) is 3. The van der Waals surface area contributed by atoms with Gasteiger partial charge in [0.25, 0.3) is 0 Å². The summed E-state index contributed by atoms with van der Waals surface area (Å²) in [6, 6.07) is 5.69. The minimum Gasteiger partial charge on any atom is -0.369 e. The molecule has 1 unspecified atom stereocenters. The molecule has 0 spiro atoms. The molecule has 1 saturated heterocycles. The number of morpholine rings is 1. The van der Waals surface area contributed by atoms with Crippen molar-refractivity contribution in [2.75, 3.05) is 18.0 Å². The zero-order valence-electron chi connectivity index (χ0n) is 10.9. The number of anilines is 1. The molecule has 1 aliphatic heterocycles. The first-order chi connectivity index (χ1) is 8.41. The highest BCUT2D eigenvalue weighted by atomic mass is 79.9. The van der Waals surface area contributed by atoms with Crippen LogP contribution in [0.15, 0.2) is 22.7 Å². The van der Waals surface area contributed by atoms with Crippen LogP contribution in [0, 0.1) is 0 Å². The molecule has 18 heavy (non-hydrogen) atoms. The van der Waals surface area contributed by atoms with Crippen LogP contribution in [0.1, 0.15) is 31.1 Å². The molecule has 0 N–H and O–H groups in total. The fraction of sp³-hybridized carbons (Fsp3) is 0.500. The zero-order chi connectivity index (χ0) is 13.3. The lowest BCUT2D eigenvalue weighted by Crippen LogP contribution is -2.52. The van der Waals surface area contributed by atoms with Gasteiger partial charge >= 0.3 is 0 Å². The summed E-state index contributed by atoms with van der Waals surface area (Å²) in [4.78, 5) is 13.0. The quantitative estimate of drug-likeness (QED) is 0.785. The van der Waals surface area contributed by atoms with Crippen molar-refractivity contribution in [3.8, 4) is 0 Å². The Morgan fingerprint density at radius 3 is 2.78 bits per heavy atom. The highest BCUT2D eigenvalue weighted by Crippen LogP contribution is 2.31. The Bertz CT molecular complexity index is 459. The number of aldehydes is 1. The Hall–Kier alpha value is -0.870. The Kier molecular flexibility index (Phi) is 3.78. The summed E-state index contributed by atoms with van der Waals surface area (Å²) in [6.07, 6.45) is 1.06. The number of ether oxygens (including phenoxy) is 1. The van der Waals surface area contributed by atoms with E-state index in [4.69, 9.17) is 4.74 Å². The van der Waals surface area contributed by atoms with Crippen molar-refractivity contribution in [3.63, 3.8) is 0 Å². The summed E-state index contributed by atoms with van der Waals surface area (Å²) in [5.74, 6) is 0. The number of nitrogens with zero attached hydrogens (tertiary/aromatic N) is 1. The molecule has 0 bridgehead atoms. The second-order valence-corrected chi connectivity index (χ2v) is 6.25. The molecule has 0 amide bonds. The second kappa shape index (κ2) is 5.02. The van der Waals surface area contributed by atoms with Crippen LogP contribution in [0.4, 0.5) is 5.69 Å². The topological polar surface area (TPSA) is 29.5 Å². The average Bonchev–Trinajstić information content (AvgIpc) is 2.25. The molecule has 0 saturated carbocycles. The Morgan fingerprint density at radius 2 is 2.22 bits per heavy atom. The number of benzene rings is 1. The van der Waals surface area contributed by atoms with Crippen LogP contribution in [0.5, 0.6) is 0 Å². The smallest absolute Gasteiger partial charge is 0.150 e. The number of hydrogen-bond donors (Lipinski definition) is 0. The van der Waals surface area contributed by atoms with E-state index < -0.39 is 0 Å². The Balaban J connectivity index is 2.28. The third-order valence-electron chi connectivity index (χ3n) is 3.02. The molecule has 1 aromatic rings. The van der Waals surface area contributed by atoms with Gasteiger partial charge in [-0.25, -0.2) is 0 Å². The summed E-state index contributed by atoms with van der Waals surface area (Å²) in [5.41, 5.74) is 1.65. The van der Waals surface area contributed by atoms with Gasteiger partial charge in [-0.15, -0.1) is 0 Å². The molecule has 1 heterocycles. The Labute approximate surface area is 116 Å². The van der Waals surface area contributed by atoms with E-state index in [1.807, 2.05) is 18.2 Å². The van der Waals surface area contributed by atoms with Crippen molar-refractivity contribution in [2.45, 2.75) is 32.5 Å². The van der Waals surface area contributed by atoms with Crippen LogP contribution >= 0.6 is 15.9 Å². The van der Waals surface area contributed by atoms with Gasteiger partial charge in [0.1, 0.15) is 6.29 Å². The van der Waals surface area contributed by atoms with Gasteiger partial charge in [-0.1, -0.05) is 0 Å². The lowest BCUT2D eigenvalue weighted by molar-refractivity contribution is -0.0750. The highest BCUT2D eigenvalue weighted by molar-refractivity contribution is 9.10. The lowest BCUT2D eigenvalue weighted by Gasteiger charge is -2.43. The third kappa shape index (κ3) is 2.93. The van der Waals surface area contributed by atoms with Gasteiger partial charge in [0.15, 0.2) is 0 Å². The molecule has 1 atom stereocenters. The standard InChI is InChI=1S/C14H18BrNO2/c1-10-7-16(9-14(2,3)18-10)13-5-4-11(8-17)6-12(13)15/h4-6,8,10H,7,9H2,1-3H3. The van der Waals surface area contributed by atoms with E-state index in [0.717, 1.165) is 29.5 Å². The summed E-state index contributed by atoms with van der Waals surface area (Å²) in [6.45, 7) is 7.99. The monoisotopic (exact) mass is 311 g/mol. The van der Waals surface area contributed by atoms with Crippen LogP contribution in [-0.4, -0.2) is 31.1 Å². The second-order valence-electron chi connectivity index (χ2n) is 5.40. The lowest BCUT2D eigenvalue weighted by atomic mass is 10.0. The molecule has 0 radical (unpaired) electrons. The molecular formula is C14H18BrNO2. The number of carbonyl (C=O) groups is 1. The van der Waals surface area contributed by atoms with E-state index in [2.05, 4.69) is 41.6 Å². The van der Waals surface area contributed by atoms with Crippen LogP contribution in [-0.2, 0) is 4.74 Å². The molecule has 2 rings (SSSR count). The number of halogens is 1. The molecule has 0 aromatic heterocycles. The zero-order valence-corrected chi connectivity index (χ0v) is 12.5. The van der Waals surface area contributed by atoms with Crippen molar-refractivity contribution in [2.24, 2.45) is 0 Å². The predicted molar refractivity (Wildman–Crippen MR) is 76.4 cm³/mol. The highest BCUT2D eigenvalue weighted by Gasteiger charge is 2.31. The summed E-state index contributed by atoms with van der Waals surface area (Å²) in [7, 11) is 0. The molecule has 4 heteroatoms. The van der Waals surface area contributed by atoms with E-state index >= 15 is 0 Å². The minimum atomic E-state index is -0.152. The first kappa shape index (κ1) is 13.6. The fourth-order valence-electron chi connectivity index (χ4n) is 2.49. The van der Waals surface area contributed by atoms with Gasteiger partial charge in [-0.3, -0.25) is 4.79 Å². The van der Waals surface area contributed by atoms with Gasteiger partial charge in [-0.2, -0.15) is 0 Å². The van der Waals surface area contributed by atoms with Crippen LogP contribution in [0.25, 0.3) is 0 Å². The van der Waals surface area contributed by atoms with Crippen LogP contribution in [0.2, 0.25) is 0 Å². The first-order valence-electron chi connectivity index (χ1n) is 6.09. The molecule has 1 aromatic carbocycles. The van der Waals surface area contributed by atoms with Crippen molar-refractivity contribution >= 4 is 27.9 Å². The first-order valence-corrected chi connectivity index (χ1v) is 6.88. The maximum absolute atomic E-state index is 10.7. The average molecular weight is 312 g/mol. The largest absolute Gasteiger partial charge is 0.369 e. The van der Waals surface area contributed by atoms with Crippen molar-refractivity contribution in [3.05, 3.63) is 28.2 Å². The number of carbonyl (C=O) groups excluding carboxylic acids is 1. The van der Waals surface area contributed by atoms with Crippen LogP contribution < -0.4 is 4.90 Å². The molecule has 98 valence electrons. The van der Waals surface area contributed by atoms with E-state index in [-0.39, 0.29) is 11.7 Å². The van der Waals surface area contributed by atoms with Crippen molar-refractivity contribution in [1.29, 1.82) is 0 Å². The van der Waals surface area contributed by atoms with Gasteiger partial charge in [-0.05, 0) is 54.9 Å². The van der Waals surface area contributed by atoms with Crippen LogP contribution in [0.3, 0.4) is 0 Å². The van der Waals surface area contributed by atoms with Gasteiger partial charge in [0.05, 0.1) is 17.4 Å². The molecule has 1 fully saturated rings. The van der Waals surface area contributed by atoms with Gasteiger partial charge in [0, 0.05) is 23.1 Å². The van der Waals surface area contributed by atoms with E-state index in [1.54, 1.807) is 0 Å². The van der Waals surface area contributed by atoms with Gasteiger partial charge in [0.2, 0.25) is 0 Å². The predicted octanol–water partition coefficient (Wildman–Crippen LogP) is 3.27. The minimum absolute atomic E-state index is 0.152.